The zero-order valence-electron chi connectivity index (χ0n) is 23.3. The van der Waals surface area contributed by atoms with Gasteiger partial charge in [0, 0.05) is 35.9 Å². The number of imidazole rings is 1. The molecule has 0 spiro atoms. The van der Waals surface area contributed by atoms with Gasteiger partial charge in [0.1, 0.15) is 19.7 Å². The number of hydrogen-bond acceptors (Lipinski definition) is 5. The van der Waals surface area contributed by atoms with Gasteiger partial charge in [-0.05, 0) is 54.8 Å². The van der Waals surface area contributed by atoms with E-state index in [-0.39, 0.29) is 17.4 Å². The monoisotopic (exact) mass is 625 g/mol. The van der Waals surface area contributed by atoms with Gasteiger partial charge in [-0.2, -0.15) is 0 Å². The van der Waals surface area contributed by atoms with Crippen LogP contribution in [0.1, 0.15) is 24.4 Å². The molecule has 1 fully saturated rings. The van der Waals surface area contributed by atoms with Crippen LogP contribution in [0.4, 0.5) is 13.2 Å². The van der Waals surface area contributed by atoms with Gasteiger partial charge in [-0.25, -0.2) is 22.9 Å². The molecule has 0 atom stereocenters. The predicted molar refractivity (Wildman–Crippen MR) is 160 cm³/mol. The molecule has 0 radical (unpaired) electrons. The Morgan fingerprint density at radius 3 is 2.41 bits per heavy atom. The normalized spacial score (nSPS) is 14.2. The molecule has 9 nitrogen and oxygen atoms in total. The number of alkyl halides is 2. The van der Waals surface area contributed by atoms with Gasteiger partial charge in [-0.3, -0.25) is 23.3 Å². The van der Waals surface area contributed by atoms with E-state index in [4.69, 9.17) is 16.3 Å². The van der Waals surface area contributed by atoms with Crippen LogP contribution >= 0.6 is 11.6 Å². The fraction of sp³-hybridized carbons (Fsp3) is 0.290. The molecule has 44 heavy (non-hydrogen) atoms. The van der Waals surface area contributed by atoms with Gasteiger partial charge in [0.05, 0.1) is 28.5 Å². The van der Waals surface area contributed by atoms with Gasteiger partial charge in [0.2, 0.25) is 6.41 Å². The number of fused-ring (bicyclic) bond motifs is 2. The number of likely N-dealkylation sites (tertiary alicyclic amines) is 1. The molecule has 6 rings (SSSR count). The molecule has 0 aliphatic carbocycles. The highest BCUT2D eigenvalue weighted by Gasteiger charge is 2.26. The topological polar surface area (TPSA) is 91.4 Å². The molecular weight excluding hydrogens is 599 g/mol. The van der Waals surface area contributed by atoms with Crippen LogP contribution in [0.5, 0.6) is 5.75 Å². The van der Waals surface area contributed by atoms with Gasteiger partial charge in [0.15, 0.2) is 17.7 Å². The van der Waals surface area contributed by atoms with E-state index in [1.54, 1.807) is 35.5 Å². The van der Waals surface area contributed by atoms with Crippen molar-refractivity contribution in [2.24, 2.45) is 0 Å². The number of hydrogen-bond donors (Lipinski definition) is 0. The maximum Gasteiger partial charge on any atom is 0.332 e. The molecule has 2 aromatic heterocycles. The van der Waals surface area contributed by atoms with Crippen molar-refractivity contribution in [3.05, 3.63) is 98.2 Å². The first-order valence-electron chi connectivity index (χ1n) is 14.0. The minimum absolute atomic E-state index is 0.0320. The minimum Gasteiger partial charge on any atom is -0.482 e. The van der Waals surface area contributed by atoms with Crippen LogP contribution in [0.15, 0.2) is 70.5 Å². The lowest BCUT2D eigenvalue weighted by molar-refractivity contribution is -0.119. The summed E-state index contributed by atoms with van der Waals surface area (Å²) in [6.45, 7) is -1.70. The lowest BCUT2D eigenvalue weighted by Gasteiger charge is -2.31. The third kappa shape index (κ3) is 5.45. The second kappa shape index (κ2) is 12.2. The Bertz CT molecular complexity index is 1960. The van der Waals surface area contributed by atoms with Crippen molar-refractivity contribution in [3.63, 3.8) is 0 Å². The third-order valence-corrected chi connectivity index (χ3v) is 8.17. The van der Waals surface area contributed by atoms with Crippen molar-refractivity contribution in [2.75, 3.05) is 26.4 Å². The summed E-state index contributed by atoms with van der Waals surface area (Å²) >= 11 is 6.08. The molecule has 13 heteroatoms. The highest BCUT2D eigenvalue weighted by atomic mass is 35.5. The molecule has 1 aliphatic rings. The van der Waals surface area contributed by atoms with Crippen LogP contribution in [0.2, 0.25) is 5.02 Å². The van der Waals surface area contributed by atoms with Gasteiger partial charge in [-0.1, -0.05) is 23.7 Å². The van der Waals surface area contributed by atoms with Crippen molar-refractivity contribution < 1.29 is 22.7 Å². The minimum atomic E-state index is -1.54. The zero-order valence-corrected chi connectivity index (χ0v) is 24.1. The number of halogens is 4. The van der Waals surface area contributed by atoms with Crippen LogP contribution in [-0.4, -0.2) is 62.5 Å². The summed E-state index contributed by atoms with van der Waals surface area (Å²) in [5.41, 5.74) is 1.75. The van der Waals surface area contributed by atoms with Crippen molar-refractivity contribution >= 4 is 39.9 Å². The zero-order chi connectivity index (χ0) is 31.0. The van der Waals surface area contributed by atoms with E-state index in [0.717, 1.165) is 39.8 Å². The second-order valence-electron chi connectivity index (χ2n) is 10.7. The fourth-order valence-corrected chi connectivity index (χ4v) is 5.80. The van der Waals surface area contributed by atoms with Crippen molar-refractivity contribution in [3.8, 4) is 11.4 Å². The smallest absolute Gasteiger partial charge is 0.332 e. The first kappa shape index (κ1) is 29.5. The van der Waals surface area contributed by atoms with Crippen LogP contribution in [-0.2, 0) is 11.3 Å². The van der Waals surface area contributed by atoms with E-state index in [1.807, 2.05) is 22.8 Å². The standard InChI is InChI=1S/C31H27ClF3N5O4/c32-20-3-6-27-26(11-20)36-17-39(27)21-4-1-19(2-5-21)16-38-30(42)24-12-29(44-23(14-33)15-34)25(35)13-28(24)40(31(38)43)22-7-9-37(18-41)10-8-22/h1-6,11-13,17-18,22-23H,7-10,14-16H2. The van der Waals surface area contributed by atoms with Gasteiger partial charge in [-0.15, -0.1) is 0 Å². The van der Waals surface area contributed by atoms with Crippen molar-refractivity contribution in [2.45, 2.75) is 31.5 Å². The summed E-state index contributed by atoms with van der Waals surface area (Å²) in [4.78, 5) is 44.9. The summed E-state index contributed by atoms with van der Waals surface area (Å²) in [6, 6.07) is 14.3. The number of piperidine rings is 1. The average Bonchev–Trinajstić information content (AvgIpc) is 3.46. The van der Waals surface area contributed by atoms with E-state index in [0.29, 0.717) is 36.5 Å². The van der Waals surface area contributed by atoms with Crippen molar-refractivity contribution in [1.82, 2.24) is 23.6 Å². The van der Waals surface area contributed by atoms with E-state index in [2.05, 4.69) is 4.98 Å². The number of carbonyl (C=O) groups excluding carboxylic acids is 1. The maximum atomic E-state index is 15.1. The largest absolute Gasteiger partial charge is 0.482 e. The summed E-state index contributed by atoms with van der Waals surface area (Å²) in [5, 5.41) is 0.542. The van der Waals surface area contributed by atoms with E-state index < -0.39 is 48.3 Å². The molecule has 0 unspecified atom stereocenters. The van der Waals surface area contributed by atoms with Crippen LogP contribution in [0.25, 0.3) is 27.6 Å². The molecule has 1 saturated heterocycles. The number of rotatable bonds is 9. The lowest BCUT2D eigenvalue weighted by Crippen LogP contribution is -2.44. The Kier molecular flexibility index (Phi) is 8.17. The summed E-state index contributed by atoms with van der Waals surface area (Å²) < 4.78 is 51.0. The molecule has 1 amide bonds. The maximum absolute atomic E-state index is 15.1. The lowest BCUT2D eigenvalue weighted by atomic mass is 10.0. The predicted octanol–water partition coefficient (Wildman–Crippen LogP) is 4.82. The van der Waals surface area contributed by atoms with Gasteiger partial charge < -0.3 is 9.64 Å². The first-order valence-corrected chi connectivity index (χ1v) is 14.4. The van der Waals surface area contributed by atoms with Gasteiger partial charge in [0.25, 0.3) is 5.56 Å². The van der Waals surface area contributed by atoms with E-state index in [1.165, 1.54) is 4.57 Å². The average molecular weight is 626 g/mol. The molecule has 228 valence electrons. The van der Waals surface area contributed by atoms with Gasteiger partial charge >= 0.3 is 5.69 Å². The summed E-state index contributed by atoms with van der Waals surface area (Å²) in [6.07, 6.45) is 1.70. The molecule has 3 heterocycles. The molecule has 0 saturated carbocycles. The Morgan fingerprint density at radius 2 is 1.73 bits per heavy atom. The Morgan fingerprint density at radius 1 is 1.00 bits per heavy atom. The number of benzene rings is 3. The summed E-state index contributed by atoms with van der Waals surface area (Å²) in [7, 11) is 0. The molecule has 3 aromatic carbocycles. The fourth-order valence-electron chi connectivity index (χ4n) is 5.63. The summed E-state index contributed by atoms with van der Waals surface area (Å²) in [5.74, 6) is -1.44. The van der Waals surface area contributed by atoms with Crippen LogP contribution < -0.4 is 16.0 Å². The first-order chi connectivity index (χ1) is 21.3. The number of nitrogens with zero attached hydrogens (tertiary/aromatic N) is 5. The molecule has 0 N–H and O–H groups in total. The molecule has 1 aliphatic heterocycles. The number of aromatic nitrogens is 4. The Hall–Kier alpha value is -4.58. The van der Waals surface area contributed by atoms with Crippen LogP contribution in [0.3, 0.4) is 0 Å². The number of amides is 1. The molecule has 5 aromatic rings. The molecular formula is C31H27ClF3N5O4. The SMILES string of the molecule is O=CN1CCC(n2c(=O)n(Cc3ccc(-n4cnc5cc(Cl)ccc54)cc3)c(=O)c3cc(OC(CF)CF)c(F)cc32)CC1. The highest BCUT2D eigenvalue weighted by Crippen LogP contribution is 2.29. The Balaban J connectivity index is 1.42. The van der Waals surface area contributed by atoms with E-state index in [9.17, 15) is 23.2 Å². The number of ether oxygens (including phenoxy) is 1. The quantitative estimate of drug-likeness (QED) is 0.219. The highest BCUT2D eigenvalue weighted by molar-refractivity contribution is 6.31. The van der Waals surface area contributed by atoms with Crippen molar-refractivity contribution in [1.29, 1.82) is 0 Å². The van der Waals surface area contributed by atoms with E-state index >= 15 is 4.39 Å². The number of carbonyl (C=O) groups is 1. The second-order valence-corrected chi connectivity index (χ2v) is 11.1. The van der Waals surface area contributed by atoms with Crippen LogP contribution in [0, 0.1) is 5.82 Å². The molecule has 0 bridgehead atoms. The third-order valence-electron chi connectivity index (χ3n) is 7.94. The Labute approximate surface area is 253 Å².